The number of ether oxygens (including phenoxy) is 1. The van der Waals surface area contributed by atoms with E-state index in [0.29, 0.717) is 32.1 Å². The third-order valence-electron chi connectivity index (χ3n) is 4.83. The second-order valence-electron chi connectivity index (χ2n) is 6.50. The van der Waals surface area contributed by atoms with Gasteiger partial charge >= 0.3 is 0 Å². The normalized spacial score (nSPS) is 35.5. The number of nitrogens with zero attached hydrogens (tertiary/aromatic N) is 1. The maximum absolute atomic E-state index is 10.2. The Balaban J connectivity index is 1.43. The summed E-state index contributed by atoms with van der Waals surface area (Å²) in [5.74, 6) is 0.347. The molecule has 1 aromatic carbocycles. The SMILES string of the molecule is OC1CN2C[C@@H](CCOCc3ccccc3)C[C@@H](O)[C@@H]2C1O. The molecule has 2 aliphatic heterocycles. The second kappa shape index (κ2) is 7.06. The van der Waals surface area contributed by atoms with Gasteiger partial charge in [-0.25, -0.2) is 0 Å². The summed E-state index contributed by atoms with van der Waals surface area (Å²) in [5.41, 5.74) is 1.16. The Hall–Kier alpha value is -0.980. The Morgan fingerprint density at radius 1 is 1.05 bits per heavy atom. The average molecular weight is 307 g/mol. The van der Waals surface area contributed by atoms with Crippen LogP contribution in [0.15, 0.2) is 30.3 Å². The van der Waals surface area contributed by atoms with E-state index >= 15 is 0 Å². The summed E-state index contributed by atoms with van der Waals surface area (Å²) in [6.07, 6.45) is -0.586. The molecule has 3 rings (SSSR count). The lowest BCUT2D eigenvalue weighted by Gasteiger charge is -2.39. The van der Waals surface area contributed by atoms with Crippen LogP contribution in [0.3, 0.4) is 0 Å². The zero-order valence-electron chi connectivity index (χ0n) is 12.7. The summed E-state index contributed by atoms with van der Waals surface area (Å²) >= 11 is 0. The van der Waals surface area contributed by atoms with Crippen LogP contribution in [0.4, 0.5) is 0 Å². The Kier molecular flexibility index (Phi) is 5.10. The Morgan fingerprint density at radius 2 is 1.82 bits per heavy atom. The van der Waals surface area contributed by atoms with E-state index in [1.54, 1.807) is 0 Å². The predicted octanol–water partition coefficient (Wildman–Crippen LogP) is 0.380. The first kappa shape index (κ1) is 15.9. The van der Waals surface area contributed by atoms with Crippen molar-refractivity contribution in [2.24, 2.45) is 5.92 Å². The average Bonchev–Trinajstić information content (AvgIpc) is 2.80. The molecule has 0 spiro atoms. The number of fused-ring (bicyclic) bond motifs is 1. The molecular weight excluding hydrogens is 282 g/mol. The van der Waals surface area contributed by atoms with Crippen molar-refractivity contribution in [3.05, 3.63) is 35.9 Å². The topological polar surface area (TPSA) is 73.2 Å². The van der Waals surface area contributed by atoms with Crippen LogP contribution in [0, 0.1) is 5.92 Å². The van der Waals surface area contributed by atoms with E-state index in [2.05, 4.69) is 0 Å². The van der Waals surface area contributed by atoms with Crippen LogP contribution in [0.1, 0.15) is 18.4 Å². The summed E-state index contributed by atoms with van der Waals surface area (Å²) in [5, 5.41) is 29.9. The fourth-order valence-electron chi connectivity index (χ4n) is 3.69. The molecule has 0 saturated carbocycles. The van der Waals surface area contributed by atoms with Gasteiger partial charge in [0.1, 0.15) is 0 Å². The lowest BCUT2D eigenvalue weighted by molar-refractivity contribution is -0.0473. The molecule has 2 heterocycles. The molecule has 2 unspecified atom stereocenters. The number of benzene rings is 1. The third-order valence-corrected chi connectivity index (χ3v) is 4.83. The molecule has 22 heavy (non-hydrogen) atoms. The molecule has 0 aromatic heterocycles. The summed E-state index contributed by atoms with van der Waals surface area (Å²) in [6.45, 7) is 2.53. The number of aliphatic hydroxyl groups excluding tert-OH is 3. The van der Waals surface area contributed by atoms with Crippen molar-refractivity contribution in [3.8, 4) is 0 Å². The fourth-order valence-corrected chi connectivity index (χ4v) is 3.69. The largest absolute Gasteiger partial charge is 0.391 e. The van der Waals surface area contributed by atoms with Crippen molar-refractivity contribution in [1.82, 2.24) is 4.90 Å². The first-order chi connectivity index (χ1) is 10.6. The van der Waals surface area contributed by atoms with E-state index in [-0.39, 0.29) is 6.04 Å². The van der Waals surface area contributed by atoms with Crippen LogP contribution in [-0.4, -0.2) is 64.3 Å². The van der Waals surface area contributed by atoms with Crippen molar-refractivity contribution in [2.45, 2.75) is 43.8 Å². The number of hydrogen-bond acceptors (Lipinski definition) is 5. The van der Waals surface area contributed by atoms with Gasteiger partial charge < -0.3 is 20.1 Å². The van der Waals surface area contributed by atoms with Gasteiger partial charge in [-0.3, -0.25) is 4.90 Å². The minimum atomic E-state index is -0.828. The van der Waals surface area contributed by atoms with E-state index in [0.717, 1.165) is 18.5 Å². The van der Waals surface area contributed by atoms with Gasteiger partial charge in [-0.15, -0.1) is 0 Å². The number of rotatable bonds is 5. The maximum atomic E-state index is 10.2. The van der Waals surface area contributed by atoms with Gasteiger partial charge in [-0.2, -0.15) is 0 Å². The molecule has 2 saturated heterocycles. The maximum Gasteiger partial charge on any atom is 0.0991 e. The van der Waals surface area contributed by atoms with Gasteiger partial charge in [0.05, 0.1) is 31.0 Å². The Labute approximate surface area is 131 Å². The summed E-state index contributed by atoms with van der Waals surface area (Å²) < 4.78 is 5.71. The highest BCUT2D eigenvalue weighted by atomic mass is 16.5. The van der Waals surface area contributed by atoms with Gasteiger partial charge in [-0.1, -0.05) is 30.3 Å². The van der Waals surface area contributed by atoms with E-state index in [1.807, 2.05) is 35.2 Å². The molecule has 2 fully saturated rings. The molecule has 5 heteroatoms. The highest BCUT2D eigenvalue weighted by Gasteiger charge is 2.47. The summed E-state index contributed by atoms with van der Waals surface area (Å²) in [7, 11) is 0. The molecule has 3 N–H and O–H groups in total. The molecule has 122 valence electrons. The Morgan fingerprint density at radius 3 is 2.59 bits per heavy atom. The van der Waals surface area contributed by atoms with Crippen LogP contribution >= 0.6 is 0 Å². The zero-order chi connectivity index (χ0) is 15.5. The molecule has 2 aliphatic rings. The minimum Gasteiger partial charge on any atom is -0.391 e. The van der Waals surface area contributed by atoms with E-state index in [4.69, 9.17) is 4.74 Å². The molecule has 5 atom stereocenters. The molecular formula is C17H25NO4. The van der Waals surface area contributed by atoms with Crippen LogP contribution in [-0.2, 0) is 11.3 Å². The highest BCUT2D eigenvalue weighted by Crippen LogP contribution is 2.32. The van der Waals surface area contributed by atoms with Crippen LogP contribution in [0.5, 0.6) is 0 Å². The quantitative estimate of drug-likeness (QED) is 0.686. The lowest BCUT2D eigenvalue weighted by atomic mass is 9.88. The van der Waals surface area contributed by atoms with Gasteiger partial charge in [-0.05, 0) is 24.3 Å². The molecule has 1 aromatic rings. The van der Waals surface area contributed by atoms with Crippen LogP contribution in [0.2, 0.25) is 0 Å². The zero-order valence-corrected chi connectivity index (χ0v) is 12.7. The molecule has 0 aliphatic carbocycles. The van der Waals surface area contributed by atoms with E-state index < -0.39 is 18.3 Å². The van der Waals surface area contributed by atoms with Gasteiger partial charge in [0, 0.05) is 19.7 Å². The van der Waals surface area contributed by atoms with Crippen molar-refractivity contribution in [3.63, 3.8) is 0 Å². The van der Waals surface area contributed by atoms with Crippen LogP contribution < -0.4 is 0 Å². The predicted molar refractivity (Wildman–Crippen MR) is 82.2 cm³/mol. The van der Waals surface area contributed by atoms with Gasteiger partial charge in [0.25, 0.3) is 0 Å². The smallest absolute Gasteiger partial charge is 0.0991 e. The number of piperidine rings is 1. The lowest BCUT2D eigenvalue weighted by Crippen LogP contribution is -2.52. The summed E-state index contributed by atoms with van der Waals surface area (Å²) in [6, 6.07) is 9.77. The van der Waals surface area contributed by atoms with E-state index in [9.17, 15) is 15.3 Å². The van der Waals surface area contributed by atoms with Crippen molar-refractivity contribution in [1.29, 1.82) is 0 Å². The van der Waals surface area contributed by atoms with Gasteiger partial charge in [0.2, 0.25) is 0 Å². The van der Waals surface area contributed by atoms with Crippen molar-refractivity contribution in [2.75, 3.05) is 19.7 Å². The summed E-state index contributed by atoms with van der Waals surface area (Å²) in [4.78, 5) is 2.02. The standard InChI is InChI=1S/C17H25NO4/c19-14-8-13(9-18-10-15(20)17(21)16(14)18)6-7-22-11-12-4-2-1-3-5-12/h1-5,13-17,19-21H,6-11H2/t13-,14+,15?,16+,17?/m0/s1. The van der Waals surface area contributed by atoms with Crippen molar-refractivity contribution < 1.29 is 20.1 Å². The van der Waals surface area contributed by atoms with Crippen molar-refractivity contribution >= 4 is 0 Å². The second-order valence-corrected chi connectivity index (χ2v) is 6.50. The molecule has 0 bridgehead atoms. The molecule has 5 nitrogen and oxygen atoms in total. The van der Waals surface area contributed by atoms with Gasteiger partial charge in [0.15, 0.2) is 0 Å². The highest BCUT2D eigenvalue weighted by molar-refractivity contribution is 5.13. The van der Waals surface area contributed by atoms with Crippen LogP contribution in [0.25, 0.3) is 0 Å². The third kappa shape index (κ3) is 3.50. The Bertz CT molecular complexity index is 469. The number of hydrogen-bond donors (Lipinski definition) is 3. The number of aliphatic hydroxyl groups is 3. The first-order valence-electron chi connectivity index (χ1n) is 8.05. The fraction of sp³-hybridized carbons (Fsp3) is 0.647. The monoisotopic (exact) mass is 307 g/mol. The minimum absolute atomic E-state index is 0.309. The molecule has 0 amide bonds. The van der Waals surface area contributed by atoms with E-state index in [1.165, 1.54) is 0 Å². The molecule has 0 radical (unpaired) electrons. The first-order valence-corrected chi connectivity index (χ1v) is 8.05.